The molecule has 160 valence electrons. The third-order valence-electron chi connectivity index (χ3n) is 4.38. The van der Waals surface area contributed by atoms with E-state index < -0.39 is 0 Å². The lowest BCUT2D eigenvalue weighted by atomic mass is 10.1. The molecule has 9 heteroatoms. The maximum Gasteiger partial charge on any atom is 0.188 e. The number of hydrogen-bond acceptors (Lipinski definition) is 5. The Morgan fingerprint density at radius 3 is 2.60 bits per heavy atom. The molecule has 1 heterocycles. The van der Waals surface area contributed by atoms with Gasteiger partial charge >= 0.3 is 0 Å². The zero-order chi connectivity index (χ0) is 20.6. The van der Waals surface area contributed by atoms with Crippen LogP contribution in [0, 0.1) is 6.92 Å². The van der Waals surface area contributed by atoms with Gasteiger partial charge in [-0.1, -0.05) is 24.3 Å². The molecule has 0 aliphatic rings. The van der Waals surface area contributed by atoms with Crippen molar-refractivity contribution in [2.75, 3.05) is 20.8 Å². The van der Waals surface area contributed by atoms with Crippen LogP contribution in [-0.4, -0.2) is 41.9 Å². The lowest BCUT2D eigenvalue weighted by molar-refractivity contribution is 0.354. The maximum atomic E-state index is 6.00. The predicted molar refractivity (Wildman–Crippen MR) is 129 cm³/mol. The van der Waals surface area contributed by atoms with Crippen molar-refractivity contribution >= 4 is 29.9 Å². The van der Waals surface area contributed by atoms with Gasteiger partial charge in [-0.15, -0.1) is 24.0 Å². The molecule has 1 aromatic heterocycles. The van der Waals surface area contributed by atoms with Crippen molar-refractivity contribution in [1.29, 1.82) is 0 Å². The van der Waals surface area contributed by atoms with Gasteiger partial charge in [0.2, 0.25) is 0 Å². The van der Waals surface area contributed by atoms with E-state index in [9.17, 15) is 0 Å². The van der Waals surface area contributed by atoms with Crippen molar-refractivity contribution < 1.29 is 9.47 Å². The normalized spacial score (nSPS) is 11.0. The van der Waals surface area contributed by atoms with Crippen LogP contribution in [0.2, 0.25) is 0 Å². The fourth-order valence-electron chi connectivity index (χ4n) is 2.88. The van der Waals surface area contributed by atoms with Crippen LogP contribution >= 0.6 is 24.0 Å². The molecule has 2 aromatic carbocycles. The second-order valence-electron chi connectivity index (χ2n) is 6.51. The van der Waals surface area contributed by atoms with Crippen LogP contribution in [0.1, 0.15) is 17.0 Å². The molecular formula is C21H27IN6O2. The summed E-state index contributed by atoms with van der Waals surface area (Å²) in [5.74, 6) is 3.30. The van der Waals surface area contributed by atoms with Gasteiger partial charge in [-0.25, -0.2) is 9.98 Å². The lowest BCUT2D eigenvalue weighted by Crippen LogP contribution is -2.33. The van der Waals surface area contributed by atoms with E-state index in [4.69, 9.17) is 15.2 Å². The first kappa shape index (κ1) is 23.5. The van der Waals surface area contributed by atoms with E-state index in [2.05, 4.69) is 25.5 Å². The van der Waals surface area contributed by atoms with E-state index in [-0.39, 0.29) is 24.0 Å². The minimum Gasteiger partial charge on any atom is -0.493 e. The molecule has 0 fully saturated rings. The topological polar surface area (TPSA) is 110 Å². The molecule has 0 unspecified atom stereocenters. The summed E-state index contributed by atoms with van der Waals surface area (Å²) in [4.78, 5) is 8.77. The number of ether oxygens (including phenoxy) is 2. The third-order valence-corrected chi connectivity index (χ3v) is 4.38. The molecule has 0 aliphatic heterocycles. The SMILES string of the molecule is COc1ccc(CCNC(N)=NCc2cccc(-c3n[nH]c(C)n3)c2)cc1OC.I. The fraction of sp³-hybridized carbons (Fsp3) is 0.286. The molecule has 0 saturated heterocycles. The highest BCUT2D eigenvalue weighted by molar-refractivity contribution is 14.0. The van der Waals surface area contributed by atoms with Gasteiger partial charge in [0.25, 0.3) is 0 Å². The van der Waals surface area contributed by atoms with Crippen LogP contribution < -0.4 is 20.5 Å². The number of aromatic nitrogens is 3. The number of guanidine groups is 1. The Morgan fingerprint density at radius 2 is 1.90 bits per heavy atom. The molecule has 4 N–H and O–H groups in total. The number of hydrogen-bond donors (Lipinski definition) is 3. The molecule has 0 aliphatic carbocycles. The minimum atomic E-state index is 0. The summed E-state index contributed by atoms with van der Waals surface area (Å²) in [6, 6.07) is 13.8. The number of halogens is 1. The number of methoxy groups -OCH3 is 2. The van der Waals surface area contributed by atoms with E-state index in [0.717, 1.165) is 28.9 Å². The van der Waals surface area contributed by atoms with Crippen LogP contribution in [0.25, 0.3) is 11.4 Å². The number of nitrogens with two attached hydrogens (primary N) is 1. The first-order chi connectivity index (χ1) is 14.1. The Morgan fingerprint density at radius 1 is 1.10 bits per heavy atom. The van der Waals surface area contributed by atoms with Crippen LogP contribution in [0.3, 0.4) is 0 Å². The summed E-state index contributed by atoms with van der Waals surface area (Å²) in [6.45, 7) is 3.02. The van der Waals surface area contributed by atoms with Gasteiger partial charge in [-0.3, -0.25) is 5.10 Å². The third kappa shape index (κ3) is 6.34. The van der Waals surface area contributed by atoms with Gasteiger partial charge in [0, 0.05) is 12.1 Å². The summed E-state index contributed by atoms with van der Waals surface area (Å²) >= 11 is 0. The number of aryl methyl sites for hydroxylation is 1. The Hall–Kier alpha value is -2.82. The van der Waals surface area contributed by atoms with E-state index in [1.807, 2.05) is 49.4 Å². The number of aliphatic imine (C=N–C) groups is 1. The predicted octanol–water partition coefficient (Wildman–Crippen LogP) is 3.06. The molecule has 0 amide bonds. The van der Waals surface area contributed by atoms with Crippen molar-refractivity contribution in [2.24, 2.45) is 10.7 Å². The molecule has 0 saturated carbocycles. The van der Waals surface area contributed by atoms with E-state index >= 15 is 0 Å². The van der Waals surface area contributed by atoms with E-state index in [1.54, 1.807) is 14.2 Å². The van der Waals surface area contributed by atoms with Crippen molar-refractivity contribution in [3.8, 4) is 22.9 Å². The van der Waals surface area contributed by atoms with Crippen molar-refractivity contribution in [3.63, 3.8) is 0 Å². The van der Waals surface area contributed by atoms with Gasteiger partial charge in [0.05, 0.1) is 20.8 Å². The fourth-order valence-corrected chi connectivity index (χ4v) is 2.88. The molecule has 0 spiro atoms. The van der Waals surface area contributed by atoms with E-state index in [1.165, 1.54) is 0 Å². The van der Waals surface area contributed by atoms with Gasteiger partial charge in [0.1, 0.15) is 5.82 Å². The van der Waals surface area contributed by atoms with Crippen LogP contribution in [0.5, 0.6) is 11.5 Å². The summed E-state index contributed by atoms with van der Waals surface area (Å²) in [6.07, 6.45) is 0.788. The molecule has 8 nitrogen and oxygen atoms in total. The zero-order valence-corrected chi connectivity index (χ0v) is 19.6. The zero-order valence-electron chi connectivity index (χ0n) is 17.3. The molecule has 3 rings (SSSR count). The highest BCUT2D eigenvalue weighted by Crippen LogP contribution is 2.27. The Balaban J connectivity index is 0.00000320. The second kappa shape index (κ2) is 11.4. The van der Waals surface area contributed by atoms with Gasteiger partial charge < -0.3 is 20.5 Å². The highest BCUT2D eigenvalue weighted by Gasteiger charge is 2.06. The van der Waals surface area contributed by atoms with Gasteiger partial charge in [-0.2, -0.15) is 5.10 Å². The minimum absolute atomic E-state index is 0. The molecule has 3 aromatic rings. The number of nitrogens with one attached hydrogen (secondary N) is 2. The Labute approximate surface area is 193 Å². The summed E-state index contributed by atoms with van der Waals surface area (Å²) < 4.78 is 10.6. The van der Waals surface area contributed by atoms with Gasteiger partial charge in [0.15, 0.2) is 23.3 Å². The second-order valence-corrected chi connectivity index (χ2v) is 6.51. The first-order valence-electron chi connectivity index (χ1n) is 9.32. The molecule has 0 atom stereocenters. The van der Waals surface area contributed by atoms with Crippen molar-refractivity contribution in [2.45, 2.75) is 19.9 Å². The summed E-state index contributed by atoms with van der Waals surface area (Å²) in [5.41, 5.74) is 9.11. The largest absolute Gasteiger partial charge is 0.493 e. The quantitative estimate of drug-likeness (QED) is 0.238. The van der Waals surface area contributed by atoms with E-state index in [0.29, 0.717) is 36.4 Å². The average molecular weight is 522 g/mol. The van der Waals surface area contributed by atoms with Crippen LogP contribution in [0.4, 0.5) is 0 Å². The number of nitrogens with zero attached hydrogens (tertiary/aromatic N) is 3. The maximum absolute atomic E-state index is 6.00. The number of benzene rings is 2. The Bertz CT molecular complexity index is 989. The summed E-state index contributed by atoms with van der Waals surface area (Å²) in [7, 11) is 3.25. The van der Waals surface area contributed by atoms with Crippen molar-refractivity contribution in [1.82, 2.24) is 20.5 Å². The molecule has 0 bridgehead atoms. The molecular weight excluding hydrogens is 495 g/mol. The smallest absolute Gasteiger partial charge is 0.188 e. The number of H-pyrrole nitrogens is 1. The van der Waals surface area contributed by atoms with Gasteiger partial charge in [-0.05, 0) is 42.7 Å². The lowest BCUT2D eigenvalue weighted by Gasteiger charge is -2.10. The average Bonchev–Trinajstić information content (AvgIpc) is 3.18. The number of rotatable bonds is 8. The van der Waals surface area contributed by atoms with Crippen LogP contribution in [0.15, 0.2) is 47.5 Å². The van der Waals surface area contributed by atoms with Crippen LogP contribution in [-0.2, 0) is 13.0 Å². The van der Waals surface area contributed by atoms with Crippen molar-refractivity contribution in [3.05, 3.63) is 59.4 Å². The summed E-state index contributed by atoms with van der Waals surface area (Å²) in [5, 5.41) is 10.2. The first-order valence-corrected chi connectivity index (χ1v) is 9.32. The molecule has 30 heavy (non-hydrogen) atoms. The monoisotopic (exact) mass is 522 g/mol. The number of aromatic amines is 1. The highest BCUT2D eigenvalue weighted by atomic mass is 127. The molecule has 0 radical (unpaired) electrons. The Kier molecular flexibility index (Phi) is 8.90. The standard InChI is InChI=1S/C21H26N6O2.HI/c1-14-25-20(27-26-14)17-6-4-5-16(11-17)13-24-21(22)23-10-9-15-7-8-18(28-2)19(12-15)29-3;/h4-8,11-12H,9-10,13H2,1-3H3,(H3,22,23,24)(H,25,26,27);1H.